The summed E-state index contributed by atoms with van der Waals surface area (Å²) in [6.45, 7) is 0. The number of rotatable bonds is 3. The molecule has 25 heavy (non-hydrogen) atoms. The third-order valence-electron chi connectivity index (χ3n) is 3.92. The molecule has 2 aromatic carbocycles. The number of ether oxygens (including phenoxy) is 1. The summed E-state index contributed by atoms with van der Waals surface area (Å²) in [5.41, 5.74) is 2.22. The Morgan fingerprint density at radius 1 is 1.28 bits per heavy atom. The molecule has 0 amide bonds. The molecular formula is C18H13ClN4O2. The van der Waals surface area contributed by atoms with E-state index in [1.165, 1.54) is 17.2 Å². The summed E-state index contributed by atoms with van der Waals surface area (Å²) in [6, 6.07) is 12.8. The number of fused-ring (bicyclic) bond motifs is 3. The Morgan fingerprint density at radius 3 is 2.92 bits per heavy atom. The first-order valence-corrected chi connectivity index (χ1v) is 7.91. The molecular weight excluding hydrogens is 340 g/mol. The minimum atomic E-state index is -0.288. The molecule has 2 heterocycles. The van der Waals surface area contributed by atoms with Gasteiger partial charge in [0, 0.05) is 21.5 Å². The first-order valence-electron chi connectivity index (χ1n) is 7.53. The topological polar surface area (TPSA) is 72.3 Å². The summed E-state index contributed by atoms with van der Waals surface area (Å²) in [6.07, 6.45) is 2.92. The molecule has 6 nitrogen and oxygen atoms in total. The summed E-state index contributed by atoms with van der Waals surface area (Å²) in [7, 11) is 1.60. The maximum Gasteiger partial charge on any atom is 0.298 e. The van der Waals surface area contributed by atoms with Crippen LogP contribution in [0.3, 0.4) is 0 Å². The van der Waals surface area contributed by atoms with E-state index in [9.17, 15) is 4.79 Å². The number of benzene rings is 2. The molecule has 124 valence electrons. The minimum absolute atomic E-state index is 0.288. The number of nitrogens with zero attached hydrogens (tertiary/aromatic N) is 3. The van der Waals surface area contributed by atoms with Crippen LogP contribution in [0, 0.1) is 0 Å². The first-order chi connectivity index (χ1) is 12.2. The summed E-state index contributed by atoms with van der Waals surface area (Å²) in [4.78, 5) is 20.1. The van der Waals surface area contributed by atoms with Crippen LogP contribution in [0.25, 0.3) is 21.9 Å². The molecule has 4 aromatic rings. The van der Waals surface area contributed by atoms with E-state index in [1.54, 1.807) is 13.2 Å². The van der Waals surface area contributed by atoms with Crippen molar-refractivity contribution in [1.82, 2.24) is 14.6 Å². The number of H-pyrrole nitrogens is 1. The molecule has 0 saturated heterocycles. The highest BCUT2D eigenvalue weighted by Gasteiger charge is 2.11. The van der Waals surface area contributed by atoms with E-state index in [0.29, 0.717) is 21.8 Å². The molecule has 4 rings (SSSR count). The van der Waals surface area contributed by atoms with Crippen molar-refractivity contribution in [3.05, 3.63) is 69.7 Å². The lowest BCUT2D eigenvalue weighted by atomic mass is 10.2. The van der Waals surface area contributed by atoms with Gasteiger partial charge < -0.3 is 9.72 Å². The highest BCUT2D eigenvalue weighted by molar-refractivity contribution is 6.33. The molecule has 1 N–H and O–H groups in total. The monoisotopic (exact) mass is 352 g/mol. The molecule has 0 saturated carbocycles. The van der Waals surface area contributed by atoms with Crippen LogP contribution in [-0.4, -0.2) is 28.0 Å². The second-order valence-corrected chi connectivity index (χ2v) is 5.83. The van der Waals surface area contributed by atoms with Crippen LogP contribution in [0.5, 0.6) is 5.75 Å². The minimum Gasteiger partial charge on any atom is -0.497 e. The van der Waals surface area contributed by atoms with Crippen LogP contribution in [-0.2, 0) is 0 Å². The maximum atomic E-state index is 12.7. The van der Waals surface area contributed by atoms with Crippen molar-refractivity contribution in [2.75, 3.05) is 7.11 Å². The van der Waals surface area contributed by atoms with Crippen molar-refractivity contribution in [2.24, 2.45) is 5.10 Å². The fourth-order valence-corrected chi connectivity index (χ4v) is 2.82. The van der Waals surface area contributed by atoms with Gasteiger partial charge >= 0.3 is 0 Å². The number of hydrogen-bond donors (Lipinski definition) is 1. The van der Waals surface area contributed by atoms with Gasteiger partial charge in [0.05, 0.1) is 13.3 Å². The number of aromatic nitrogens is 3. The van der Waals surface area contributed by atoms with Crippen LogP contribution in [0.15, 0.2) is 58.7 Å². The summed E-state index contributed by atoms with van der Waals surface area (Å²) >= 11 is 6.10. The predicted molar refractivity (Wildman–Crippen MR) is 98.9 cm³/mol. The third-order valence-corrected chi connectivity index (χ3v) is 4.27. The Labute approximate surface area is 147 Å². The zero-order valence-electron chi connectivity index (χ0n) is 13.2. The lowest BCUT2D eigenvalue weighted by molar-refractivity contribution is 0.415. The lowest BCUT2D eigenvalue weighted by Crippen LogP contribution is -2.17. The quantitative estimate of drug-likeness (QED) is 0.574. The second-order valence-electron chi connectivity index (χ2n) is 5.42. The maximum absolute atomic E-state index is 12.7. The fourth-order valence-electron chi connectivity index (χ4n) is 2.64. The molecule has 0 atom stereocenters. The molecule has 7 heteroatoms. The Morgan fingerprint density at radius 2 is 2.12 bits per heavy atom. The van der Waals surface area contributed by atoms with Crippen molar-refractivity contribution in [1.29, 1.82) is 0 Å². The summed E-state index contributed by atoms with van der Waals surface area (Å²) in [5.74, 6) is 0.705. The van der Waals surface area contributed by atoms with Crippen molar-refractivity contribution in [3.63, 3.8) is 0 Å². The number of methoxy groups -OCH3 is 1. The Balaban J connectivity index is 1.84. The van der Waals surface area contributed by atoms with Crippen LogP contribution < -0.4 is 10.3 Å². The fraction of sp³-hybridized carbons (Fsp3) is 0.0556. The summed E-state index contributed by atoms with van der Waals surface area (Å²) in [5, 5.41) is 5.57. The van der Waals surface area contributed by atoms with Gasteiger partial charge in [0.15, 0.2) is 0 Å². The van der Waals surface area contributed by atoms with Crippen LogP contribution >= 0.6 is 11.6 Å². The van der Waals surface area contributed by atoms with E-state index in [4.69, 9.17) is 16.3 Å². The molecule has 0 aliphatic carbocycles. The highest BCUT2D eigenvalue weighted by atomic mass is 35.5. The van der Waals surface area contributed by atoms with Gasteiger partial charge in [-0.1, -0.05) is 29.8 Å². The molecule has 0 bridgehead atoms. The predicted octanol–water partition coefficient (Wildman–Crippen LogP) is 3.42. The number of nitrogens with one attached hydrogen (secondary N) is 1. The standard InChI is InChI=1S/C18H13ClN4O2/c1-25-12-6-7-15-13(8-12)16-17(22-15)18(24)23(10-20-16)21-9-11-4-2-3-5-14(11)19/h2-10,22H,1H3/b21-9+. The van der Waals surface area contributed by atoms with Crippen molar-refractivity contribution in [3.8, 4) is 5.75 Å². The number of aromatic amines is 1. The Hall–Kier alpha value is -3.12. The van der Waals surface area contributed by atoms with E-state index in [2.05, 4.69) is 15.1 Å². The third kappa shape index (κ3) is 2.66. The zero-order valence-corrected chi connectivity index (χ0v) is 14.0. The molecule has 0 unspecified atom stereocenters. The van der Waals surface area contributed by atoms with Crippen LogP contribution in [0.1, 0.15) is 5.56 Å². The van der Waals surface area contributed by atoms with Crippen LogP contribution in [0.2, 0.25) is 5.02 Å². The molecule has 0 spiro atoms. The Kier molecular flexibility index (Phi) is 3.74. The van der Waals surface area contributed by atoms with E-state index in [1.807, 2.05) is 36.4 Å². The molecule has 0 aliphatic rings. The van der Waals surface area contributed by atoms with Gasteiger partial charge in [-0.25, -0.2) is 4.98 Å². The van der Waals surface area contributed by atoms with Crippen molar-refractivity contribution >= 4 is 39.8 Å². The first kappa shape index (κ1) is 15.4. The smallest absolute Gasteiger partial charge is 0.298 e. The van der Waals surface area contributed by atoms with Gasteiger partial charge in [-0.3, -0.25) is 4.79 Å². The van der Waals surface area contributed by atoms with Gasteiger partial charge in [-0.05, 0) is 24.3 Å². The largest absolute Gasteiger partial charge is 0.497 e. The van der Waals surface area contributed by atoms with E-state index in [0.717, 1.165) is 16.5 Å². The molecule has 0 aliphatic heterocycles. The van der Waals surface area contributed by atoms with Gasteiger partial charge in [0.25, 0.3) is 5.56 Å². The van der Waals surface area contributed by atoms with Crippen molar-refractivity contribution < 1.29 is 4.74 Å². The normalized spacial score (nSPS) is 11.6. The van der Waals surface area contributed by atoms with E-state index >= 15 is 0 Å². The number of halogens is 1. The molecule has 2 aromatic heterocycles. The average molecular weight is 353 g/mol. The van der Waals surface area contributed by atoms with Gasteiger partial charge in [-0.15, -0.1) is 0 Å². The van der Waals surface area contributed by atoms with Gasteiger partial charge in [0.2, 0.25) is 0 Å². The number of hydrogen-bond acceptors (Lipinski definition) is 4. The Bertz CT molecular complexity index is 1180. The average Bonchev–Trinajstić information content (AvgIpc) is 3.01. The zero-order chi connectivity index (χ0) is 17.4. The van der Waals surface area contributed by atoms with E-state index < -0.39 is 0 Å². The van der Waals surface area contributed by atoms with Gasteiger partial charge in [-0.2, -0.15) is 9.78 Å². The lowest BCUT2D eigenvalue weighted by Gasteiger charge is -1.99. The second kappa shape index (κ2) is 6.07. The van der Waals surface area contributed by atoms with E-state index in [-0.39, 0.29) is 5.56 Å². The van der Waals surface area contributed by atoms with Crippen LogP contribution in [0.4, 0.5) is 0 Å². The highest BCUT2D eigenvalue weighted by Crippen LogP contribution is 2.25. The van der Waals surface area contributed by atoms with Gasteiger partial charge in [0.1, 0.15) is 23.1 Å². The van der Waals surface area contributed by atoms with Crippen molar-refractivity contribution in [2.45, 2.75) is 0 Å². The molecule has 0 radical (unpaired) electrons. The molecule has 0 fully saturated rings. The summed E-state index contributed by atoms with van der Waals surface area (Å²) < 4.78 is 6.41. The SMILES string of the molecule is COc1ccc2[nH]c3c(=O)n(/N=C/c4ccccc4Cl)cnc3c2c1.